The average Bonchev–Trinajstić information content (AvgIpc) is 2.85. The molecule has 3 amide bonds. The van der Waals surface area contributed by atoms with Crippen molar-refractivity contribution in [3.05, 3.63) is 83.4 Å². The summed E-state index contributed by atoms with van der Waals surface area (Å²) in [7, 11) is 2.93. The van der Waals surface area contributed by atoms with Crippen molar-refractivity contribution in [3.8, 4) is 11.5 Å². The lowest BCUT2D eigenvalue weighted by Gasteiger charge is -2.16. The van der Waals surface area contributed by atoms with E-state index in [4.69, 9.17) is 9.47 Å². The van der Waals surface area contributed by atoms with Gasteiger partial charge in [-0.05, 0) is 31.2 Å². The minimum Gasteiger partial charge on any atom is -0.494 e. The molecule has 8 nitrogen and oxygen atoms in total. The Morgan fingerprint density at radius 3 is 1.97 bits per heavy atom. The van der Waals surface area contributed by atoms with Crippen LogP contribution in [0.5, 0.6) is 11.5 Å². The molecule has 8 heteroatoms. The molecule has 0 aliphatic heterocycles. The van der Waals surface area contributed by atoms with Crippen molar-refractivity contribution < 1.29 is 23.9 Å². The van der Waals surface area contributed by atoms with Crippen LogP contribution >= 0.6 is 0 Å². The van der Waals surface area contributed by atoms with Crippen LogP contribution in [0.2, 0.25) is 0 Å². The monoisotopic (exact) mass is 461 g/mol. The van der Waals surface area contributed by atoms with Crippen molar-refractivity contribution >= 4 is 29.1 Å². The minimum atomic E-state index is -0.314. The predicted molar refractivity (Wildman–Crippen MR) is 131 cm³/mol. The van der Waals surface area contributed by atoms with Crippen LogP contribution in [0.25, 0.3) is 0 Å². The highest BCUT2D eigenvalue weighted by atomic mass is 16.5. The second-order valence-electron chi connectivity index (χ2n) is 7.50. The van der Waals surface area contributed by atoms with E-state index in [1.807, 2.05) is 25.1 Å². The first-order chi connectivity index (χ1) is 16.4. The van der Waals surface area contributed by atoms with Crippen LogP contribution in [0.4, 0.5) is 11.4 Å². The van der Waals surface area contributed by atoms with Crippen LogP contribution in [-0.4, -0.2) is 38.5 Å². The van der Waals surface area contributed by atoms with Crippen LogP contribution in [0.15, 0.2) is 66.7 Å². The maximum Gasteiger partial charge on any atom is 0.255 e. The van der Waals surface area contributed by atoms with E-state index in [9.17, 15) is 14.4 Å². The molecule has 0 fully saturated rings. The normalized spacial score (nSPS) is 10.2. The van der Waals surface area contributed by atoms with Gasteiger partial charge in [0.1, 0.15) is 11.5 Å². The zero-order valence-electron chi connectivity index (χ0n) is 19.3. The molecule has 0 unspecified atom stereocenters. The first kappa shape index (κ1) is 24.3. The molecule has 0 bridgehead atoms. The molecule has 0 spiro atoms. The Labute approximate surface area is 198 Å². The van der Waals surface area contributed by atoms with E-state index in [1.54, 1.807) is 48.5 Å². The van der Waals surface area contributed by atoms with Crippen molar-refractivity contribution in [1.82, 2.24) is 5.32 Å². The standard InChI is InChI=1S/C26H27N3O5/c1-17-8-7-11-19(14-17)25(31)27-13-12-24(30)28-20-15-23(34-3)21(16-22(20)33-2)29-26(32)18-9-5-4-6-10-18/h4-11,14-16H,12-13H2,1-3H3,(H,27,31)(H,28,30)(H,29,32). The van der Waals surface area contributed by atoms with Gasteiger partial charge in [0.05, 0.1) is 25.6 Å². The van der Waals surface area contributed by atoms with Crippen molar-refractivity contribution in [2.75, 3.05) is 31.4 Å². The number of methoxy groups -OCH3 is 2. The van der Waals surface area contributed by atoms with Gasteiger partial charge in [0.2, 0.25) is 5.91 Å². The summed E-state index contributed by atoms with van der Waals surface area (Å²) in [6, 6.07) is 19.1. The van der Waals surface area contributed by atoms with Gasteiger partial charge in [-0.1, -0.05) is 35.9 Å². The Balaban J connectivity index is 1.63. The number of benzene rings is 3. The van der Waals surface area contributed by atoms with E-state index in [0.29, 0.717) is 34.0 Å². The summed E-state index contributed by atoms with van der Waals surface area (Å²) < 4.78 is 10.8. The molecule has 3 N–H and O–H groups in total. The quantitative estimate of drug-likeness (QED) is 0.446. The van der Waals surface area contributed by atoms with E-state index in [0.717, 1.165) is 5.56 Å². The number of carbonyl (C=O) groups excluding carboxylic acids is 3. The van der Waals surface area contributed by atoms with Crippen LogP contribution in [0.1, 0.15) is 32.7 Å². The topological polar surface area (TPSA) is 106 Å². The van der Waals surface area contributed by atoms with Crippen LogP contribution in [-0.2, 0) is 4.79 Å². The van der Waals surface area contributed by atoms with Gasteiger partial charge in [-0.25, -0.2) is 0 Å². The number of nitrogens with one attached hydrogen (secondary N) is 3. The van der Waals surface area contributed by atoms with E-state index >= 15 is 0 Å². The van der Waals surface area contributed by atoms with Crippen molar-refractivity contribution in [2.24, 2.45) is 0 Å². The fraction of sp³-hybridized carbons (Fsp3) is 0.192. The van der Waals surface area contributed by atoms with Crippen LogP contribution in [0.3, 0.4) is 0 Å². The number of hydrogen-bond acceptors (Lipinski definition) is 5. The largest absolute Gasteiger partial charge is 0.494 e. The lowest BCUT2D eigenvalue weighted by atomic mass is 10.1. The molecular weight excluding hydrogens is 434 g/mol. The highest BCUT2D eigenvalue weighted by Gasteiger charge is 2.16. The molecule has 0 atom stereocenters. The Bertz CT molecular complexity index is 1180. The number of ether oxygens (including phenoxy) is 2. The Morgan fingerprint density at radius 1 is 0.735 bits per heavy atom. The van der Waals surface area contributed by atoms with Crippen molar-refractivity contribution in [3.63, 3.8) is 0 Å². The number of hydrogen-bond donors (Lipinski definition) is 3. The molecule has 0 radical (unpaired) electrons. The summed E-state index contributed by atoms with van der Waals surface area (Å²) >= 11 is 0. The van der Waals surface area contributed by atoms with E-state index in [1.165, 1.54) is 14.2 Å². The number of rotatable bonds is 9. The third kappa shape index (κ3) is 6.35. The fourth-order valence-corrected chi connectivity index (χ4v) is 3.27. The summed E-state index contributed by atoms with van der Waals surface area (Å²) in [5.74, 6) is -0.156. The van der Waals surface area contributed by atoms with Gasteiger partial charge in [-0.3, -0.25) is 14.4 Å². The van der Waals surface area contributed by atoms with E-state index < -0.39 is 0 Å². The summed E-state index contributed by atoms with van der Waals surface area (Å²) in [4.78, 5) is 37.2. The second kappa shape index (κ2) is 11.5. The highest BCUT2D eigenvalue weighted by molar-refractivity contribution is 6.05. The summed E-state index contributed by atoms with van der Waals surface area (Å²) in [6.07, 6.45) is 0.0650. The van der Waals surface area contributed by atoms with Gasteiger partial charge in [0.15, 0.2) is 0 Å². The molecule has 0 heterocycles. The van der Waals surface area contributed by atoms with Gasteiger partial charge in [-0.15, -0.1) is 0 Å². The zero-order valence-corrected chi connectivity index (χ0v) is 19.3. The maximum absolute atomic E-state index is 12.5. The summed E-state index contributed by atoms with van der Waals surface area (Å²) in [5, 5.41) is 8.30. The third-order valence-corrected chi connectivity index (χ3v) is 5.00. The number of amides is 3. The summed E-state index contributed by atoms with van der Waals surface area (Å²) in [6.45, 7) is 2.08. The zero-order chi connectivity index (χ0) is 24.5. The molecule has 176 valence electrons. The number of aryl methyl sites for hydroxylation is 1. The molecule has 0 aliphatic rings. The molecule has 3 aromatic carbocycles. The van der Waals surface area contributed by atoms with Crippen LogP contribution in [0, 0.1) is 6.92 Å². The average molecular weight is 462 g/mol. The van der Waals surface area contributed by atoms with Gasteiger partial charge < -0.3 is 25.4 Å². The first-order valence-corrected chi connectivity index (χ1v) is 10.7. The Hall–Kier alpha value is -4.33. The maximum atomic E-state index is 12.5. The number of anilines is 2. The fourth-order valence-electron chi connectivity index (χ4n) is 3.27. The Morgan fingerprint density at radius 2 is 1.35 bits per heavy atom. The lowest BCUT2D eigenvalue weighted by molar-refractivity contribution is -0.116. The van der Waals surface area contributed by atoms with Gasteiger partial charge in [0, 0.05) is 36.2 Å². The smallest absolute Gasteiger partial charge is 0.255 e. The van der Waals surface area contributed by atoms with Crippen LogP contribution < -0.4 is 25.4 Å². The first-order valence-electron chi connectivity index (χ1n) is 10.7. The number of carbonyl (C=O) groups is 3. The molecule has 34 heavy (non-hydrogen) atoms. The molecule has 3 rings (SSSR count). The van der Waals surface area contributed by atoms with E-state index in [2.05, 4.69) is 16.0 Å². The molecule has 0 aromatic heterocycles. The molecule has 0 saturated heterocycles. The van der Waals surface area contributed by atoms with Gasteiger partial charge in [-0.2, -0.15) is 0 Å². The molecular formula is C26H27N3O5. The Kier molecular flexibility index (Phi) is 8.23. The van der Waals surface area contributed by atoms with Crippen molar-refractivity contribution in [2.45, 2.75) is 13.3 Å². The van der Waals surface area contributed by atoms with Gasteiger partial charge in [0.25, 0.3) is 11.8 Å². The molecule has 0 aliphatic carbocycles. The van der Waals surface area contributed by atoms with Gasteiger partial charge >= 0.3 is 0 Å². The van der Waals surface area contributed by atoms with Crippen molar-refractivity contribution in [1.29, 1.82) is 0 Å². The lowest BCUT2D eigenvalue weighted by Crippen LogP contribution is -2.27. The predicted octanol–water partition coefficient (Wildman–Crippen LogP) is 4.02. The van der Waals surface area contributed by atoms with E-state index in [-0.39, 0.29) is 30.7 Å². The second-order valence-corrected chi connectivity index (χ2v) is 7.50. The third-order valence-electron chi connectivity index (χ3n) is 5.00. The summed E-state index contributed by atoms with van der Waals surface area (Å²) in [5.41, 5.74) is 2.80. The SMILES string of the molecule is COc1cc(NC(=O)c2ccccc2)c(OC)cc1NC(=O)CCNC(=O)c1cccc(C)c1. The molecule has 3 aromatic rings. The molecule has 0 saturated carbocycles. The highest BCUT2D eigenvalue weighted by Crippen LogP contribution is 2.36. The minimum absolute atomic E-state index is 0.0650.